The van der Waals surface area contributed by atoms with Crippen molar-refractivity contribution in [2.24, 2.45) is 0 Å². The number of aromatic nitrogens is 2. The fourth-order valence-corrected chi connectivity index (χ4v) is 2.10. The Morgan fingerprint density at radius 2 is 2.11 bits per heavy atom. The molecule has 1 heterocycles. The standard InChI is InChI=1S/C13H15N3OS/c1-2-3-9-11(17)14-13-15-12(16-18-13)10-7-5-4-6-8-10/h4-8H,2-3,9H2,1H3,(H,14,15,16,17). The summed E-state index contributed by atoms with van der Waals surface area (Å²) >= 11 is 1.21. The molecule has 94 valence electrons. The van der Waals surface area contributed by atoms with Gasteiger partial charge in [0.2, 0.25) is 11.0 Å². The first-order valence-corrected chi connectivity index (χ1v) is 6.76. The number of carbonyl (C=O) groups is 1. The Morgan fingerprint density at radius 3 is 2.83 bits per heavy atom. The monoisotopic (exact) mass is 261 g/mol. The fourth-order valence-electron chi connectivity index (χ4n) is 1.50. The number of benzene rings is 1. The lowest BCUT2D eigenvalue weighted by Gasteiger charge is -1.98. The third-order valence-corrected chi connectivity index (χ3v) is 3.09. The van der Waals surface area contributed by atoms with Crippen molar-refractivity contribution in [3.8, 4) is 11.4 Å². The quantitative estimate of drug-likeness (QED) is 0.898. The summed E-state index contributed by atoms with van der Waals surface area (Å²) in [6.45, 7) is 2.06. The van der Waals surface area contributed by atoms with Crippen LogP contribution in [0.15, 0.2) is 30.3 Å². The van der Waals surface area contributed by atoms with E-state index in [1.54, 1.807) is 0 Å². The number of nitrogens with one attached hydrogen (secondary N) is 1. The Balaban J connectivity index is 2.00. The molecule has 0 radical (unpaired) electrons. The van der Waals surface area contributed by atoms with Gasteiger partial charge >= 0.3 is 0 Å². The second-order valence-corrected chi connectivity index (χ2v) is 4.69. The van der Waals surface area contributed by atoms with Crippen LogP contribution in [-0.4, -0.2) is 15.3 Å². The van der Waals surface area contributed by atoms with E-state index in [0.717, 1.165) is 18.4 Å². The van der Waals surface area contributed by atoms with Gasteiger partial charge in [0, 0.05) is 23.5 Å². The van der Waals surface area contributed by atoms with E-state index in [4.69, 9.17) is 0 Å². The molecule has 0 fully saturated rings. The van der Waals surface area contributed by atoms with Gasteiger partial charge in [-0.05, 0) is 6.42 Å². The lowest BCUT2D eigenvalue weighted by Crippen LogP contribution is -2.10. The van der Waals surface area contributed by atoms with Crippen LogP contribution in [0, 0.1) is 0 Å². The minimum atomic E-state index is 0.00705. The number of rotatable bonds is 5. The Labute approximate surface area is 110 Å². The van der Waals surface area contributed by atoms with E-state index in [2.05, 4.69) is 21.6 Å². The summed E-state index contributed by atoms with van der Waals surface area (Å²) in [4.78, 5) is 15.8. The van der Waals surface area contributed by atoms with Gasteiger partial charge in [-0.25, -0.2) is 0 Å². The number of carbonyl (C=O) groups excluding carboxylic acids is 1. The van der Waals surface area contributed by atoms with E-state index in [9.17, 15) is 4.79 Å². The largest absolute Gasteiger partial charge is 0.301 e. The lowest BCUT2D eigenvalue weighted by atomic mass is 10.2. The molecule has 0 spiro atoms. The highest BCUT2D eigenvalue weighted by molar-refractivity contribution is 7.10. The van der Waals surface area contributed by atoms with Crippen LogP contribution in [0.1, 0.15) is 26.2 Å². The van der Waals surface area contributed by atoms with Gasteiger partial charge in [0.05, 0.1) is 0 Å². The van der Waals surface area contributed by atoms with Gasteiger partial charge in [0.25, 0.3) is 0 Å². The molecule has 0 aliphatic heterocycles. The van der Waals surface area contributed by atoms with Gasteiger partial charge in [-0.3, -0.25) is 4.79 Å². The van der Waals surface area contributed by atoms with Crippen molar-refractivity contribution in [3.05, 3.63) is 30.3 Å². The summed E-state index contributed by atoms with van der Waals surface area (Å²) in [5, 5.41) is 3.34. The zero-order valence-electron chi connectivity index (χ0n) is 10.2. The normalized spacial score (nSPS) is 10.3. The van der Waals surface area contributed by atoms with E-state index in [1.165, 1.54) is 11.5 Å². The van der Waals surface area contributed by atoms with Crippen LogP contribution in [0.2, 0.25) is 0 Å². The molecule has 1 aromatic carbocycles. The van der Waals surface area contributed by atoms with Gasteiger partial charge in [-0.1, -0.05) is 43.7 Å². The second-order valence-electron chi connectivity index (χ2n) is 3.94. The number of hydrogen-bond donors (Lipinski definition) is 1. The first kappa shape index (κ1) is 12.7. The average Bonchev–Trinajstić information content (AvgIpc) is 2.86. The molecule has 2 rings (SSSR count). The predicted octanol–water partition coefficient (Wildman–Crippen LogP) is 3.33. The Bertz CT molecular complexity index is 510. The van der Waals surface area contributed by atoms with Crippen molar-refractivity contribution in [1.29, 1.82) is 0 Å². The molecule has 0 unspecified atom stereocenters. The molecule has 1 amide bonds. The Kier molecular flexibility index (Phi) is 4.41. The highest BCUT2D eigenvalue weighted by Crippen LogP contribution is 2.20. The van der Waals surface area contributed by atoms with Gasteiger partial charge in [-0.15, -0.1) is 0 Å². The van der Waals surface area contributed by atoms with Crippen molar-refractivity contribution in [2.45, 2.75) is 26.2 Å². The van der Waals surface area contributed by atoms with E-state index >= 15 is 0 Å². The molecule has 0 saturated carbocycles. The summed E-state index contributed by atoms with van der Waals surface area (Å²) < 4.78 is 4.24. The Hall–Kier alpha value is -1.75. The minimum Gasteiger partial charge on any atom is -0.301 e. The zero-order chi connectivity index (χ0) is 12.8. The van der Waals surface area contributed by atoms with E-state index in [1.807, 2.05) is 30.3 Å². The van der Waals surface area contributed by atoms with Gasteiger partial charge in [0.15, 0.2) is 5.82 Å². The van der Waals surface area contributed by atoms with Crippen LogP contribution in [0.25, 0.3) is 11.4 Å². The number of nitrogens with zero attached hydrogens (tertiary/aromatic N) is 2. The molecule has 0 saturated heterocycles. The van der Waals surface area contributed by atoms with Crippen LogP contribution < -0.4 is 5.32 Å². The summed E-state index contributed by atoms with van der Waals surface area (Å²) in [6.07, 6.45) is 2.45. The van der Waals surface area contributed by atoms with Crippen LogP contribution in [0.5, 0.6) is 0 Å². The third-order valence-electron chi connectivity index (χ3n) is 2.46. The van der Waals surface area contributed by atoms with Crippen molar-refractivity contribution in [3.63, 3.8) is 0 Å². The lowest BCUT2D eigenvalue weighted by molar-refractivity contribution is -0.116. The number of hydrogen-bond acceptors (Lipinski definition) is 4. The van der Waals surface area contributed by atoms with Crippen LogP contribution >= 0.6 is 11.5 Å². The van der Waals surface area contributed by atoms with Crippen LogP contribution in [-0.2, 0) is 4.79 Å². The minimum absolute atomic E-state index is 0.00705. The predicted molar refractivity (Wildman–Crippen MR) is 73.5 cm³/mol. The number of anilines is 1. The molecule has 1 N–H and O–H groups in total. The fraction of sp³-hybridized carbons (Fsp3) is 0.308. The maximum atomic E-state index is 11.5. The highest BCUT2D eigenvalue weighted by atomic mass is 32.1. The first-order valence-electron chi connectivity index (χ1n) is 5.98. The van der Waals surface area contributed by atoms with Crippen LogP contribution in [0.4, 0.5) is 5.13 Å². The smallest absolute Gasteiger partial charge is 0.226 e. The zero-order valence-corrected chi connectivity index (χ0v) is 11.0. The van der Waals surface area contributed by atoms with Gasteiger partial charge in [-0.2, -0.15) is 9.36 Å². The molecule has 5 heteroatoms. The highest BCUT2D eigenvalue weighted by Gasteiger charge is 2.08. The van der Waals surface area contributed by atoms with Crippen molar-refractivity contribution >= 4 is 22.6 Å². The molecule has 2 aromatic rings. The molecule has 0 atom stereocenters. The number of amides is 1. The van der Waals surface area contributed by atoms with Crippen molar-refractivity contribution in [2.75, 3.05) is 5.32 Å². The third kappa shape index (κ3) is 3.37. The molecule has 18 heavy (non-hydrogen) atoms. The van der Waals surface area contributed by atoms with Gasteiger partial charge < -0.3 is 5.32 Å². The molecule has 0 bridgehead atoms. The molecular formula is C13H15N3OS. The number of unbranched alkanes of at least 4 members (excludes halogenated alkanes) is 1. The maximum Gasteiger partial charge on any atom is 0.226 e. The molecule has 1 aromatic heterocycles. The van der Waals surface area contributed by atoms with Gasteiger partial charge in [0.1, 0.15) is 0 Å². The maximum absolute atomic E-state index is 11.5. The van der Waals surface area contributed by atoms with E-state index < -0.39 is 0 Å². The summed E-state index contributed by atoms with van der Waals surface area (Å²) in [5.41, 5.74) is 0.961. The second kappa shape index (κ2) is 6.26. The molecule has 0 aliphatic carbocycles. The first-order chi connectivity index (χ1) is 8.79. The van der Waals surface area contributed by atoms with Crippen molar-refractivity contribution < 1.29 is 4.79 Å². The van der Waals surface area contributed by atoms with E-state index in [0.29, 0.717) is 17.4 Å². The Morgan fingerprint density at radius 1 is 1.33 bits per heavy atom. The molecule has 4 nitrogen and oxygen atoms in total. The molecule has 0 aliphatic rings. The SMILES string of the molecule is CCCCC(=O)Nc1nc(-c2ccccc2)ns1. The summed E-state index contributed by atoms with van der Waals surface area (Å²) in [6, 6.07) is 9.73. The average molecular weight is 261 g/mol. The summed E-state index contributed by atoms with van der Waals surface area (Å²) in [5.74, 6) is 0.666. The van der Waals surface area contributed by atoms with Crippen LogP contribution in [0.3, 0.4) is 0 Å². The molecular weight excluding hydrogens is 246 g/mol. The van der Waals surface area contributed by atoms with E-state index in [-0.39, 0.29) is 5.91 Å². The summed E-state index contributed by atoms with van der Waals surface area (Å²) in [7, 11) is 0. The topological polar surface area (TPSA) is 54.9 Å². The van der Waals surface area contributed by atoms with Crippen molar-refractivity contribution in [1.82, 2.24) is 9.36 Å².